The molecule has 1 aromatic rings. The Bertz CT molecular complexity index is 852. The van der Waals surface area contributed by atoms with Crippen LogP contribution in [0.4, 0.5) is 31.1 Å². The minimum atomic E-state index is -5.76. The summed E-state index contributed by atoms with van der Waals surface area (Å²) >= 11 is 6.29. The zero-order valence-electron chi connectivity index (χ0n) is 17.4. The predicted molar refractivity (Wildman–Crippen MR) is 106 cm³/mol. The molecule has 0 aliphatic carbocycles. The maximum absolute atomic E-state index is 12.9. The van der Waals surface area contributed by atoms with Gasteiger partial charge in [-0.25, -0.2) is 4.79 Å². The maximum Gasteiger partial charge on any atom is 0.434 e. The quantitative estimate of drug-likeness (QED) is 0.577. The Hall–Kier alpha value is -2.21. The van der Waals surface area contributed by atoms with Crippen molar-refractivity contribution in [1.29, 1.82) is 0 Å². The topological polar surface area (TPSA) is 53.1 Å². The number of alkyl halides is 6. The van der Waals surface area contributed by atoms with Gasteiger partial charge in [0.25, 0.3) is 12.0 Å². The van der Waals surface area contributed by atoms with E-state index in [1.165, 1.54) is 0 Å². The van der Waals surface area contributed by atoms with Crippen molar-refractivity contribution in [2.45, 2.75) is 37.8 Å². The lowest BCUT2D eigenvalue weighted by molar-refractivity contribution is -0.308. The van der Waals surface area contributed by atoms with Crippen LogP contribution in [0.2, 0.25) is 5.02 Å². The molecule has 0 atom stereocenters. The third kappa shape index (κ3) is 6.23. The molecule has 2 amide bonds. The molecule has 33 heavy (non-hydrogen) atoms. The van der Waals surface area contributed by atoms with Crippen molar-refractivity contribution >= 4 is 23.6 Å². The fraction of sp³-hybridized carbons (Fsp3) is 0.600. The molecule has 2 aliphatic rings. The van der Waals surface area contributed by atoms with Gasteiger partial charge in [-0.15, -0.1) is 0 Å². The van der Waals surface area contributed by atoms with Crippen molar-refractivity contribution in [2.75, 3.05) is 39.3 Å². The number of piperazine rings is 1. The maximum atomic E-state index is 12.9. The van der Waals surface area contributed by atoms with Gasteiger partial charge in [-0.3, -0.25) is 9.69 Å². The molecular formula is C20H22ClF6N3O3. The highest BCUT2D eigenvalue weighted by Crippen LogP contribution is 2.36. The standard InChI is InChI=1S/C20H22ClF6N3O3/c21-14-5-3-4-13(15(14)16(31)29-6-1-2-7-29)12-28-8-10-30(11-9-28)18(32)33-17(19(22,23)24)20(25,26)27/h3-5,17H,1-2,6-12H2. The lowest BCUT2D eigenvalue weighted by atomic mass is 10.0. The third-order valence-electron chi connectivity index (χ3n) is 5.54. The molecule has 0 N–H and O–H groups in total. The fourth-order valence-corrected chi connectivity index (χ4v) is 4.12. The number of amides is 2. The first-order valence-electron chi connectivity index (χ1n) is 10.3. The van der Waals surface area contributed by atoms with Gasteiger partial charge >= 0.3 is 18.4 Å². The Kier molecular flexibility index (Phi) is 7.67. The Morgan fingerprint density at radius 3 is 2.03 bits per heavy atom. The van der Waals surface area contributed by atoms with Crippen LogP contribution in [0.15, 0.2) is 18.2 Å². The number of benzene rings is 1. The molecule has 13 heteroatoms. The normalized spacial score (nSPS) is 18.2. The van der Waals surface area contributed by atoms with Gasteiger partial charge in [0.05, 0.1) is 10.6 Å². The van der Waals surface area contributed by atoms with E-state index in [0.717, 1.165) is 17.7 Å². The molecular weight excluding hydrogens is 480 g/mol. The van der Waals surface area contributed by atoms with Crippen molar-refractivity contribution < 1.29 is 40.7 Å². The van der Waals surface area contributed by atoms with E-state index < -0.39 is 24.5 Å². The molecule has 0 unspecified atom stereocenters. The van der Waals surface area contributed by atoms with Crippen molar-refractivity contribution in [3.63, 3.8) is 0 Å². The van der Waals surface area contributed by atoms with Crippen LogP contribution in [0, 0.1) is 0 Å². The van der Waals surface area contributed by atoms with E-state index in [0.29, 0.717) is 29.2 Å². The summed E-state index contributed by atoms with van der Waals surface area (Å²) < 4.78 is 79.5. The van der Waals surface area contributed by atoms with E-state index in [9.17, 15) is 35.9 Å². The first-order valence-corrected chi connectivity index (χ1v) is 10.6. The third-order valence-corrected chi connectivity index (χ3v) is 5.86. The summed E-state index contributed by atoms with van der Waals surface area (Å²) in [5.41, 5.74) is 1.03. The van der Waals surface area contributed by atoms with E-state index in [1.807, 2.05) is 4.90 Å². The minimum Gasteiger partial charge on any atom is -0.426 e. The molecule has 3 rings (SSSR count). The van der Waals surface area contributed by atoms with Gasteiger partial charge in [0.15, 0.2) is 0 Å². The lowest BCUT2D eigenvalue weighted by Crippen LogP contribution is -2.52. The summed E-state index contributed by atoms with van der Waals surface area (Å²) in [5.74, 6) is -0.180. The average Bonchev–Trinajstić information content (AvgIpc) is 3.25. The van der Waals surface area contributed by atoms with Gasteiger partial charge in [-0.1, -0.05) is 23.7 Å². The van der Waals surface area contributed by atoms with Crippen LogP contribution in [0.5, 0.6) is 0 Å². The van der Waals surface area contributed by atoms with E-state index in [1.54, 1.807) is 23.1 Å². The number of rotatable bonds is 4. The first kappa shape index (κ1) is 25.4. The van der Waals surface area contributed by atoms with E-state index in [2.05, 4.69) is 4.74 Å². The predicted octanol–water partition coefficient (Wildman–Crippen LogP) is 4.32. The molecule has 0 spiro atoms. The first-order chi connectivity index (χ1) is 15.4. The summed E-state index contributed by atoms with van der Waals surface area (Å²) in [6.45, 7) is 1.64. The van der Waals surface area contributed by atoms with Gasteiger partial charge in [0.1, 0.15) is 0 Å². The van der Waals surface area contributed by atoms with Gasteiger partial charge in [0.2, 0.25) is 0 Å². The number of hydrogen-bond donors (Lipinski definition) is 0. The Morgan fingerprint density at radius 1 is 0.909 bits per heavy atom. The molecule has 0 aromatic heterocycles. The molecule has 2 heterocycles. The lowest BCUT2D eigenvalue weighted by Gasteiger charge is -2.35. The molecule has 6 nitrogen and oxygen atoms in total. The van der Waals surface area contributed by atoms with Crippen LogP contribution in [0.3, 0.4) is 0 Å². The van der Waals surface area contributed by atoms with E-state index >= 15 is 0 Å². The number of likely N-dealkylation sites (tertiary alicyclic amines) is 1. The minimum absolute atomic E-state index is 0.128. The summed E-state index contributed by atoms with van der Waals surface area (Å²) in [5, 5.41) is 0.303. The second kappa shape index (κ2) is 9.96. The fourth-order valence-electron chi connectivity index (χ4n) is 3.84. The van der Waals surface area contributed by atoms with Crippen molar-refractivity contribution in [3.05, 3.63) is 34.3 Å². The summed E-state index contributed by atoms with van der Waals surface area (Å²) in [7, 11) is 0. The van der Waals surface area contributed by atoms with Gasteiger partial charge < -0.3 is 14.5 Å². The number of ether oxygens (including phenoxy) is 1. The Morgan fingerprint density at radius 2 is 1.48 bits per heavy atom. The van der Waals surface area contributed by atoms with Gasteiger partial charge in [0, 0.05) is 45.8 Å². The van der Waals surface area contributed by atoms with Crippen molar-refractivity contribution in [2.24, 2.45) is 0 Å². The molecule has 0 bridgehead atoms. The van der Waals surface area contributed by atoms with Gasteiger partial charge in [-0.05, 0) is 24.5 Å². The van der Waals surface area contributed by atoms with Crippen LogP contribution in [-0.2, 0) is 11.3 Å². The van der Waals surface area contributed by atoms with Crippen molar-refractivity contribution in [3.8, 4) is 0 Å². The molecule has 1 aromatic carbocycles. The van der Waals surface area contributed by atoms with Crippen LogP contribution < -0.4 is 0 Å². The van der Waals surface area contributed by atoms with E-state index in [-0.39, 0.29) is 38.6 Å². The number of carbonyl (C=O) groups excluding carboxylic acids is 2. The Labute approximate surface area is 191 Å². The number of halogens is 7. The molecule has 2 saturated heterocycles. The summed E-state index contributed by atoms with van der Waals surface area (Å²) in [6.07, 6.45) is -15.6. The second-order valence-corrected chi connectivity index (χ2v) is 8.29. The van der Waals surface area contributed by atoms with Crippen LogP contribution in [0.25, 0.3) is 0 Å². The zero-order chi connectivity index (χ0) is 24.4. The monoisotopic (exact) mass is 501 g/mol. The molecule has 2 aliphatic heterocycles. The van der Waals surface area contributed by atoms with Crippen LogP contribution in [-0.4, -0.2) is 84.4 Å². The Balaban J connectivity index is 1.61. The zero-order valence-corrected chi connectivity index (χ0v) is 18.1. The second-order valence-electron chi connectivity index (χ2n) is 7.88. The molecule has 184 valence electrons. The largest absolute Gasteiger partial charge is 0.434 e. The number of carbonyl (C=O) groups is 2. The summed E-state index contributed by atoms with van der Waals surface area (Å²) in [4.78, 5) is 29.2. The molecule has 2 fully saturated rings. The van der Waals surface area contributed by atoms with Crippen LogP contribution in [0.1, 0.15) is 28.8 Å². The van der Waals surface area contributed by atoms with Crippen LogP contribution >= 0.6 is 11.6 Å². The number of nitrogens with zero attached hydrogens (tertiary/aromatic N) is 3. The summed E-state index contributed by atoms with van der Waals surface area (Å²) in [6, 6.07) is 5.05. The average molecular weight is 502 g/mol. The number of hydrogen-bond acceptors (Lipinski definition) is 4. The van der Waals surface area contributed by atoms with E-state index in [4.69, 9.17) is 11.6 Å². The van der Waals surface area contributed by atoms with Crippen molar-refractivity contribution in [1.82, 2.24) is 14.7 Å². The smallest absolute Gasteiger partial charge is 0.426 e. The van der Waals surface area contributed by atoms with Gasteiger partial charge in [-0.2, -0.15) is 26.3 Å². The highest BCUT2D eigenvalue weighted by molar-refractivity contribution is 6.34. The molecule has 0 radical (unpaired) electrons. The SMILES string of the molecule is O=C(OC(C(F)(F)F)C(F)(F)F)N1CCN(Cc2cccc(Cl)c2C(=O)N2CCCC2)CC1. The molecule has 0 saturated carbocycles. The highest BCUT2D eigenvalue weighted by atomic mass is 35.5. The highest BCUT2D eigenvalue weighted by Gasteiger charge is 2.60.